The van der Waals surface area contributed by atoms with Gasteiger partial charge in [-0.25, -0.2) is 13.2 Å². The molecule has 0 unspecified atom stereocenters. The molecule has 0 saturated carbocycles. The van der Waals surface area contributed by atoms with E-state index < -0.39 is 16.0 Å². The molecular weight excluding hydrogens is 330 g/mol. The summed E-state index contributed by atoms with van der Waals surface area (Å²) in [6.07, 6.45) is 0.587. The second-order valence-electron chi connectivity index (χ2n) is 5.61. The third-order valence-electron chi connectivity index (χ3n) is 4.14. The molecule has 0 aliphatic carbocycles. The van der Waals surface area contributed by atoms with Gasteiger partial charge >= 0.3 is 5.97 Å². The lowest BCUT2D eigenvalue weighted by Gasteiger charge is -2.21. The van der Waals surface area contributed by atoms with Gasteiger partial charge in [-0.3, -0.25) is 4.31 Å². The SMILES string of the molecule is COc1ccc2c(c1)CCN2S(=O)(=O)c1cc(C(=O)O)ccc1C. The minimum atomic E-state index is -3.83. The van der Waals surface area contributed by atoms with Crippen molar-refractivity contribution in [1.29, 1.82) is 0 Å². The van der Waals surface area contributed by atoms with Gasteiger partial charge in [0, 0.05) is 6.54 Å². The molecule has 0 atom stereocenters. The Morgan fingerprint density at radius 3 is 2.62 bits per heavy atom. The van der Waals surface area contributed by atoms with Crippen LogP contribution in [0, 0.1) is 6.92 Å². The number of ether oxygens (including phenoxy) is 1. The lowest BCUT2D eigenvalue weighted by atomic mass is 10.1. The summed E-state index contributed by atoms with van der Waals surface area (Å²) in [5.41, 5.74) is 1.97. The number of nitrogens with zero attached hydrogens (tertiary/aromatic N) is 1. The summed E-state index contributed by atoms with van der Waals surface area (Å²) in [4.78, 5) is 11.2. The Morgan fingerprint density at radius 2 is 1.96 bits per heavy atom. The lowest BCUT2D eigenvalue weighted by Crippen LogP contribution is -2.29. The van der Waals surface area contributed by atoms with E-state index in [2.05, 4.69) is 0 Å². The van der Waals surface area contributed by atoms with E-state index in [0.717, 1.165) is 5.56 Å². The van der Waals surface area contributed by atoms with Crippen LogP contribution in [-0.4, -0.2) is 33.1 Å². The first-order valence-corrected chi connectivity index (χ1v) is 8.82. The highest BCUT2D eigenvalue weighted by Gasteiger charge is 2.32. The second kappa shape index (κ2) is 5.83. The van der Waals surface area contributed by atoms with Crippen molar-refractivity contribution in [3.63, 3.8) is 0 Å². The zero-order valence-corrected chi connectivity index (χ0v) is 14.1. The van der Waals surface area contributed by atoms with Gasteiger partial charge in [-0.1, -0.05) is 6.07 Å². The van der Waals surface area contributed by atoms with Gasteiger partial charge in [-0.05, 0) is 54.8 Å². The van der Waals surface area contributed by atoms with E-state index in [0.29, 0.717) is 30.0 Å². The Hall–Kier alpha value is -2.54. The summed E-state index contributed by atoms with van der Waals surface area (Å²) in [6.45, 7) is 1.98. The highest BCUT2D eigenvalue weighted by Crippen LogP contribution is 2.36. The molecule has 6 nitrogen and oxygen atoms in total. The number of anilines is 1. The number of carboxylic acids is 1. The number of rotatable bonds is 4. The topological polar surface area (TPSA) is 83.9 Å². The maximum atomic E-state index is 13.0. The summed E-state index contributed by atoms with van der Waals surface area (Å²) in [7, 11) is -2.27. The number of carbonyl (C=O) groups is 1. The van der Waals surface area contributed by atoms with E-state index in [1.165, 1.54) is 22.5 Å². The number of hydrogen-bond acceptors (Lipinski definition) is 4. The van der Waals surface area contributed by atoms with Crippen LogP contribution in [0.2, 0.25) is 0 Å². The first kappa shape index (κ1) is 16.3. The summed E-state index contributed by atoms with van der Waals surface area (Å²) in [6, 6.07) is 9.39. The van der Waals surface area contributed by atoms with Crippen molar-refractivity contribution in [2.24, 2.45) is 0 Å². The number of methoxy groups -OCH3 is 1. The Labute approximate surface area is 140 Å². The number of fused-ring (bicyclic) bond motifs is 1. The lowest BCUT2D eigenvalue weighted by molar-refractivity contribution is 0.0696. The van der Waals surface area contributed by atoms with Crippen molar-refractivity contribution in [2.45, 2.75) is 18.2 Å². The molecule has 0 amide bonds. The van der Waals surface area contributed by atoms with Crippen LogP contribution in [0.5, 0.6) is 5.75 Å². The van der Waals surface area contributed by atoms with Crippen molar-refractivity contribution in [1.82, 2.24) is 0 Å². The molecule has 0 aromatic heterocycles. The largest absolute Gasteiger partial charge is 0.497 e. The minimum Gasteiger partial charge on any atom is -0.497 e. The molecule has 1 aliphatic heterocycles. The van der Waals surface area contributed by atoms with Crippen LogP contribution in [0.15, 0.2) is 41.3 Å². The highest BCUT2D eigenvalue weighted by molar-refractivity contribution is 7.93. The van der Waals surface area contributed by atoms with Crippen molar-refractivity contribution >= 4 is 21.7 Å². The average molecular weight is 347 g/mol. The molecule has 0 fully saturated rings. The van der Waals surface area contributed by atoms with E-state index in [-0.39, 0.29) is 10.5 Å². The molecule has 0 radical (unpaired) electrons. The highest BCUT2D eigenvalue weighted by atomic mass is 32.2. The molecule has 2 aromatic carbocycles. The van der Waals surface area contributed by atoms with Crippen molar-refractivity contribution < 1.29 is 23.1 Å². The van der Waals surface area contributed by atoms with E-state index >= 15 is 0 Å². The fourth-order valence-corrected chi connectivity index (χ4v) is 4.61. The summed E-state index contributed by atoms with van der Waals surface area (Å²) < 4.78 is 32.6. The van der Waals surface area contributed by atoms with Gasteiger partial charge in [0.1, 0.15) is 5.75 Å². The Bertz CT molecular complexity index is 921. The summed E-state index contributed by atoms with van der Waals surface area (Å²) >= 11 is 0. The van der Waals surface area contributed by atoms with Crippen LogP contribution in [0.25, 0.3) is 0 Å². The zero-order valence-electron chi connectivity index (χ0n) is 13.3. The fourth-order valence-electron chi connectivity index (χ4n) is 2.85. The molecule has 1 heterocycles. The quantitative estimate of drug-likeness (QED) is 0.918. The van der Waals surface area contributed by atoms with Gasteiger partial charge in [-0.15, -0.1) is 0 Å². The molecule has 1 N–H and O–H groups in total. The standard InChI is InChI=1S/C17H17NO5S/c1-11-3-4-13(17(19)20)10-16(11)24(21,22)18-8-7-12-9-14(23-2)5-6-15(12)18/h3-6,9-10H,7-8H2,1-2H3,(H,19,20). The predicted octanol–water partition coefficient (Wildman–Crippen LogP) is 2.45. The van der Waals surface area contributed by atoms with Crippen LogP contribution in [-0.2, 0) is 16.4 Å². The second-order valence-corrected chi connectivity index (χ2v) is 7.44. The van der Waals surface area contributed by atoms with Crippen molar-refractivity contribution in [3.05, 3.63) is 53.1 Å². The van der Waals surface area contributed by atoms with Gasteiger partial charge in [0.15, 0.2) is 0 Å². The first-order valence-electron chi connectivity index (χ1n) is 7.38. The smallest absolute Gasteiger partial charge is 0.335 e. The van der Waals surface area contributed by atoms with Gasteiger partial charge in [0.25, 0.3) is 10.0 Å². The van der Waals surface area contributed by atoms with E-state index in [1.54, 1.807) is 26.2 Å². The molecule has 24 heavy (non-hydrogen) atoms. The van der Waals surface area contributed by atoms with Crippen LogP contribution in [0.1, 0.15) is 21.5 Å². The summed E-state index contributed by atoms with van der Waals surface area (Å²) in [5, 5.41) is 9.12. The molecule has 126 valence electrons. The molecule has 2 aromatic rings. The number of hydrogen-bond donors (Lipinski definition) is 1. The van der Waals surface area contributed by atoms with E-state index in [4.69, 9.17) is 9.84 Å². The molecule has 0 spiro atoms. The monoisotopic (exact) mass is 347 g/mol. The number of aryl methyl sites for hydroxylation is 1. The molecular formula is C17H17NO5S. The van der Waals surface area contributed by atoms with Gasteiger partial charge in [-0.2, -0.15) is 0 Å². The third-order valence-corrected chi connectivity index (χ3v) is 6.10. The normalized spacial score (nSPS) is 13.7. The Balaban J connectivity index is 2.08. The van der Waals surface area contributed by atoms with Gasteiger partial charge in [0.2, 0.25) is 0 Å². The average Bonchev–Trinajstić information content (AvgIpc) is 2.98. The Morgan fingerprint density at radius 1 is 1.21 bits per heavy atom. The van der Waals surface area contributed by atoms with Crippen LogP contribution in [0.4, 0.5) is 5.69 Å². The predicted molar refractivity (Wildman–Crippen MR) is 89.4 cm³/mol. The van der Waals surface area contributed by atoms with Gasteiger partial charge in [0.05, 0.1) is 23.3 Å². The number of carboxylic acid groups (broad SMARTS) is 1. The van der Waals surface area contributed by atoms with Crippen LogP contribution < -0.4 is 9.04 Å². The van der Waals surface area contributed by atoms with Crippen LogP contribution in [0.3, 0.4) is 0 Å². The maximum absolute atomic E-state index is 13.0. The molecule has 7 heteroatoms. The van der Waals surface area contributed by atoms with Crippen molar-refractivity contribution in [2.75, 3.05) is 18.0 Å². The molecule has 0 bridgehead atoms. The number of benzene rings is 2. The van der Waals surface area contributed by atoms with Crippen molar-refractivity contribution in [3.8, 4) is 5.75 Å². The maximum Gasteiger partial charge on any atom is 0.335 e. The minimum absolute atomic E-state index is 0.0195. The zero-order chi connectivity index (χ0) is 17.5. The number of aromatic carboxylic acids is 1. The van der Waals surface area contributed by atoms with Crippen LogP contribution >= 0.6 is 0 Å². The molecule has 1 aliphatic rings. The Kier molecular flexibility index (Phi) is 3.96. The summed E-state index contributed by atoms with van der Waals surface area (Å²) in [5.74, 6) is -0.477. The van der Waals surface area contributed by atoms with E-state index in [9.17, 15) is 13.2 Å². The van der Waals surface area contributed by atoms with E-state index in [1.807, 2.05) is 6.07 Å². The molecule has 0 saturated heterocycles. The third kappa shape index (κ3) is 2.60. The number of sulfonamides is 1. The first-order chi connectivity index (χ1) is 11.3. The fraction of sp³-hybridized carbons (Fsp3) is 0.235. The van der Waals surface area contributed by atoms with Gasteiger partial charge < -0.3 is 9.84 Å². The molecule has 3 rings (SSSR count).